The third kappa shape index (κ3) is 6.36. The number of nitrogens with one attached hydrogen (secondary N) is 4. The summed E-state index contributed by atoms with van der Waals surface area (Å²) in [5.74, 6) is 0.939. The molecular formula is C29H33N7O2. The van der Waals surface area contributed by atoms with Gasteiger partial charge in [0.2, 0.25) is 5.91 Å². The summed E-state index contributed by atoms with van der Waals surface area (Å²) in [5, 5.41) is 9.99. The zero-order valence-electron chi connectivity index (χ0n) is 21.5. The highest BCUT2D eigenvalue weighted by molar-refractivity contribution is 6.00. The summed E-state index contributed by atoms with van der Waals surface area (Å²) in [6.45, 7) is 5.27. The topological polar surface area (TPSA) is 115 Å². The molecule has 0 radical (unpaired) electrons. The summed E-state index contributed by atoms with van der Waals surface area (Å²) < 4.78 is 0. The number of nitrogens with zero attached hydrogens (tertiary/aromatic N) is 3. The molecule has 1 aliphatic heterocycles. The first-order valence-electron chi connectivity index (χ1n) is 13.1. The largest absolute Gasteiger partial charge is 0.368 e. The van der Waals surface area contributed by atoms with Gasteiger partial charge in [-0.1, -0.05) is 60.7 Å². The molecule has 2 aromatic carbocycles. The molecule has 196 valence electrons. The van der Waals surface area contributed by atoms with Gasteiger partial charge in [-0.3, -0.25) is 14.5 Å². The molecule has 3 heterocycles. The van der Waals surface area contributed by atoms with Crippen molar-refractivity contribution in [3.8, 4) is 11.4 Å². The first-order chi connectivity index (χ1) is 18.5. The molecule has 0 saturated carbocycles. The molecule has 38 heavy (non-hydrogen) atoms. The second-order valence-corrected chi connectivity index (χ2v) is 9.63. The van der Waals surface area contributed by atoms with E-state index >= 15 is 0 Å². The molecule has 5 rings (SSSR count). The van der Waals surface area contributed by atoms with E-state index in [1.807, 2.05) is 36.4 Å². The van der Waals surface area contributed by atoms with E-state index in [0.717, 1.165) is 43.4 Å². The quantitative estimate of drug-likeness (QED) is 0.256. The molecule has 2 aromatic heterocycles. The van der Waals surface area contributed by atoms with Crippen molar-refractivity contribution < 1.29 is 9.59 Å². The van der Waals surface area contributed by atoms with Crippen molar-refractivity contribution in [2.45, 2.75) is 32.4 Å². The van der Waals surface area contributed by atoms with Crippen molar-refractivity contribution in [1.29, 1.82) is 0 Å². The van der Waals surface area contributed by atoms with Crippen molar-refractivity contribution in [3.63, 3.8) is 0 Å². The number of aromatic nitrogens is 3. The van der Waals surface area contributed by atoms with Crippen LogP contribution in [0.3, 0.4) is 0 Å². The van der Waals surface area contributed by atoms with E-state index in [1.165, 1.54) is 12.5 Å². The molecule has 0 atom stereocenters. The minimum Gasteiger partial charge on any atom is -0.368 e. The average molecular weight is 512 g/mol. The Kier molecular flexibility index (Phi) is 7.94. The van der Waals surface area contributed by atoms with Gasteiger partial charge in [-0.05, 0) is 24.5 Å². The maximum atomic E-state index is 13.2. The number of hydrogen-bond acceptors (Lipinski definition) is 6. The molecule has 0 bridgehead atoms. The number of fused-ring (bicyclic) bond motifs is 1. The van der Waals surface area contributed by atoms with Crippen LogP contribution in [0.5, 0.6) is 0 Å². The lowest BCUT2D eigenvalue weighted by molar-refractivity contribution is -0.118. The molecule has 4 N–H and O–H groups in total. The van der Waals surface area contributed by atoms with Gasteiger partial charge in [-0.2, -0.15) is 0 Å². The fourth-order valence-corrected chi connectivity index (χ4v) is 4.74. The van der Waals surface area contributed by atoms with Crippen LogP contribution in [0.4, 0.5) is 5.82 Å². The number of hydrogen-bond donors (Lipinski definition) is 4. The Balaban J connectivity index is 1.28. The Morgan fingerprint density at radius 2 is 1.68 bits per heavy atom. The number of rotatable bonds is 9. The van der Waals surface area contributed by atoms with E-state index in [4.69, 9.17) is 9.97 Å². The van der Waals surface area contributed by atoms with Crippen LogP contribution in [-0.4, -0.2) is 63.9 Å². The van der Waals surface area contributed by atoms with Crippen molar-refractivity contribution >= 4 is 28.7 Å². The second kappa shape index (κ2) is 11.9. The highest BCUT2D eigenvalue weighted by Gasteiger charge is 2.23. The van der Waals surface area contributed by atoms with E-state index in [0.29, 0.717) is 36.1 Å². The van der Waals surface area contributed by atoms with Gasteiger partial charge in [0.15, 0.2) is 5.82 Å². The van der Waals surface area contributed by atoms with Crippen molar-refractivity contribution in [2.75, 3.05) is 31.5 Å². The van der Waals surface area contributed by atoms with Gasteiger partial charge in [0.1, 0.15) is 17.2 Å². The van der Waals surface area contributed by atoms with Crippen LogP contribution in [0.15, 0.2) is 66.7 Å². The minimum atomic E-state index is -0.144. The summed E-state index contributed by atoms with van der Waals surface area (Å²) in [6.07, 6.45) is 1.82. The molecule has 9 nitrogen and oxygen atoms in total. The third-order valence-electron chi connectivity index (χ3n) is 6.73. The lowest BCUT2D eigenvalue weighted by Crippen LogP contribution is -2.44. The lowest BCUT2D eigenvalue weighted by Gasteiger charge is -2.32. The maximum Gasteiger partial charge on any atom is 0.267 e. The number of aromatic amines is 1. The molecule has 0 spiro atoms. The van der Waals surface area contributed by atoms with Crippen LogP contribution >= 0.6 is 0 Å². The zero-order chi connectivity index (χ0) is 26.3. The first-order valence-corrected chi connectivity index (χ1v) is 13.1. The highest BCUT2D eigenvalue weighted by atomic mass is 16.2. The van der Waals surface area contributed by atoms with Gasteiger partial charge < -0.3 is 20.9 Å². The number of anilines is 1. The van der Waals surface area contributed by atoms with Crippen LogP contribution in [0.2, 0.25) is 0 Å². The molecule has 0 unspecified atom stereocenters. The Morgan fingerprint density at radius 1 is 0.974 bits per heavy atom. The van der Waals surface area contributed by atoms with Crippen LogP contribution in [0.25, 0.3) is 22.4 Å². The number of benzene rings is 2. The lowest BCUT2D eigenvalue weighted by atomic mass is 10.0. The summed E-state index contributed by atoms with van der Waals surface area (Å²) in [7, 11) is 0. The summed E-state index contributed by atoms with van der Waals surface area (Å²) >= 11 is 0. The summed E-state index contributed by atoms with van der Waals surface area (Å²) in [6, 6.07) is 22.1. The van der Waals surface area contributed by atoms with Crippen molar-refractivity contribution in [1.82, 2.24) is 30.5 Å². The van der Waals surface area contributed by atoms with Crippen LogP contribution in [-0.2, 0) is 11.3 Å². The molecule has 1 fully saturated rings. The first kappa shape index (κ1) is 25.4. The normalized spacial score (nSPS) is 14.3. The number of likely N-dealkylation sites (tertiary alicyclic amines) is 1. The van der Waals surface area contributed by atoms with E-state index in [2.05, 4.69) is 50.1 Å². The summed E-state index contributed by atoms with van der Waals surface area (Å²) in [5.41, 5.74) is 3.23. The molecule has 9 heteroatoms. The maximum absolute atomic E-state index is 13.2. The van der Waals surface area contributed by atoms with Crippen molar-refractivity contribution in [3.05, 3.63) is 78.0 Å². The minimum absolute atomic E-state index is 0.0869. The van der Waals surface area contributed by atoms with Gasteiger partial charge >= 0.3 is 0 Å². The van der Waals surface area contributed by atoms with Gasteiger partial charge in [0, 0.05) is 51.3 Å². The van der Waals surface area contributed by atoms with Crippen LogP contribution in [0.1, 0.15) is 35.8 Å². The molecular weight excluding hydrogens is 478 g/mol. The Morgan fingerprint density at radius 3 is 2.39 bits per heavy atom. The Labute approximate surface area is 222 Å². The van der Waals surface area contributed by atoms with Gasteiger partial charge in [0.25, 0.3) is 5.91 Å². The molecule has 1 aliphatic rings. The van der Waals surface area contributed by atoms with E-state index < -0.39 is 0 Å². The van der Waals surface area contributed by atoms with E-state index in [9.17, 15) is 9.59 Å². The van der Waals surface area contributed by atoms with Gasteiger partial charge in [-0.25, -0.2) is 9.97 Å². The molecule has 1 saturated heterocycles. The second-order valence-electron chi connectivity index (χ2n) is 9.63. The predicted octanol–water partition coefficient (Wildman–Crippen LogP) is 3.57. The standard InChI is InChI=1S/C29H33N7O2/c1-20(37)30-14-15-31-27-24-18-25(33-28(24)35-26(34-27)22-10-6-3-7-11-22)29(38)32-23-12-16-36(17-13-23)19-21-8-4-2-5-9-21/h2-11,18,23H,12-17,19H2,1H3,(H,30,37)(H,32,38)(H2,31,33,34,35). The number of piperidine rings is 1. The Hall–Kier alpha value is -4.24. The SMILES string of the molecule is CC(=O)NCCNc1nc(-c2ccccc2)nc2[nH]c(C(=O)NC3CCN(Cc4ccccc4)CC3)cc12. The fourth-order valence-electron chi connectivity index (χ4n) is 4.74. The van der Waals surface area contributed by atoms with E-state index in [1.54, 1.807) is 6.07 Å². The highest BCUT2D eigenvalue weighted by Crippen LogP contribution is 2.26. The zero-order valence-corrected chi connectivity index (χ0v) is 21.5. The van der Waals surface area contributed by atoms with Crippen LogP contribution in [0, 0.1) is 0 Å². The molecule has 4 aromatic rings. The van der Waals surface area contributed by atoms with E-state index in [-0.39, 0.29) is 17.9 Å². The average Bonchev–Trinajstić information content (AvgIpc) is 3.38. The number of amides is 2. The number of carbonyl (C=O) groups is 2. The molecule has 0 aliphatic carbocycles. The number of carbonyl (C=O) groups excluding carboxylic acids is 2. The third-order valence-corrected chi connectivity index (χ3v) is 6.73. The monoisotopic (exact) mass is 511 g/mol. The van der Waals surface area contributed by atoms with Crippen LogP contribution < -0.4 is 16.0 Å². The predicted molar refractivity (Wildman–Crippen MR) is 149 cm³/mol. The fraction of sp³-hybridized carbons (Fsp3) is 0.310. The summed E-state index contributed by atoms with van der Waals surface area (Å²) in [4.78, 5) is 39.5. The smallest absolute Gasteiger partial charge is 0.267 e. The Bertz CT molecular complexity index is 1380. The van der Waals surface area contributed by atoms with Crippen molar-refractivity contribution in [2.24, 2.45) is 0 Å². The van der Waals surface area contributed by atoms with Gasteiger partial charge in [0.05, 0.1) is 5.39 Å². The number of H-pyrrole nitrogens is 1. The molecule has 2 amide bonds. The van der Waals surface area contributed by atoms with Gasteiger partial charge in [-0.15, -0.1) is 0 Å².